The molecule has 0 spiro atoms. The molecule has 0 aromatic heterocycles. The highest BCUT2D eigenvalue weighted by atomic mass is 32.2. The van der Waals surface area contributed by atoms with E-state index in [1.807, 2.05) is 81.3 Å². The quantitative estimate of drug-likeness (QED) is 0.0306. The number of methoxy groups -OCH3 is 4. The fourth-order valence-corrected chi connectivity index (χ4v) is 15.3. The molecule has 14 atom stereocenters. The Balaban J connectivity index is 0.000000465. The molecule has 606 valence electrons. The average molecular weight is 1580 g/mol. The van der Waals surface area contributed by atoms with E-state index in [9.17, 15) is 86.3 Å². The van der Waals surface area contributed by atoms with E-state index in [0.29, 0.717) is 51.6 Å². The Bertz CT molecular complexity index is 3730. The van der Waals surface area contributed by atoms with Crippen LogP contribution >= 0.6 is 0 Å². The van der Waals surface area contributed by atoms with Crippen molar-refractivity contribution in [3.63, 3.8) is 0 Å². The SMILES string of the molecule is CC[C@H](C)[C@@H]([C@@H](CC(=O)N1CCC[C@H]1[C@H](OC)[C@@H](C)C(=O)NS(=O)(=O)c1ccc(NC(=O)C(F)(F)F)cc1)OC)N(C)C(=O)[C@@H](N)C(C)C.CC[C@H](C)[C@@H]([C@@H](CC(=O)N1CCC[C@H]1[C@H](OC)[C@@H](C)C(=O)NS(=O)(=O)c1ccc(NC(=O)C(F)(F)F)cc1)OC)N(C)C(=O)[C@@H](NC(=O)OCc1ccccc1)C(C)C. The molecule has 2 fully saturated rings. The maximum Gasteiger partial charge on any atom is 0.471 e. The number of amides is 9. The topological polar surface area (TPSA) is 367 Å². The van der Waals surface area contributed by atoms with Gasteiger partial charge < -0.3 is 65.0 Å². The molecular formula is C72H106F6N10O18S2. The van der Waals surface area contributed by atoms with Crippen molar-refractivity contribution in [1.82, 2.24) is 34.4 Å². The van der Waals surface area contributed by atoms with Crippen molar-refractivity contribution < 1.29 is 110 Å². The summed E-state index contributed by atoms with van der Waals surface area (Å²) in [5, 5.41) is 5.92. The monoisotopic (exact) mass is 1580 g/mol. The minimum Gasteiger partial charge on any atom is -0.445 e. The number of likely N-dealkylation sites (tertiary alicyclic amines) is 2. The second-order valence-corrected chi connectivity index (χ2v) is 31.1. The number of alkyl halides is 6. The van der Waals surface area contributed by atoms with Crippen LogP contribution in [0.1, 0.15) is 126 Å². The number of hydrogen-bond donors (Lipinski definition) is 6. The summed E-state index contributed by atoms with van der Waals surface area (Å²) in [4.78, 5) is 122. The first-order valence-electron chi connectivity index (χ1n) is 35.4. The maximum atomic E-state index is 14.1. The first kappa shape index (κ1) is 92.4. The number of ether oxygens (including phenoxy) is 5. The van der Waals surface area contributed by atoms with Gasteiger partial charge in [-0.15, -0.1) is 0 Å². The molecule has 2 aliphatic heterocycles. The third-order valence-corrected chi connectivity index (χ3v) is 22.5. The number of alkyl carbamates (subject to hydrolysis) is 1. The Morgan fingerprint density at radius 2 is 0.917 bits per heavy atom. The standard InChI is InChI=1S/C40H56F3N5O10S.C32H50F3N5O8S/c1-9-25(4)34(47(6)37(51)33(24(2)3)45-39(53)58-23-27-14-11-10-12-15-27)31(56-7)22-32(49)48-21-13-16-30(48)35(57-8)26(5)36(50)46-59(54,55)29-19-17-28(18-20-29)44-38(52)40(41,42)43;1-9-19(4)27(39(6)30(43)26(36)18(2)3)24(47-7)17-25(41)40-16-10-11-23(40)28(48-8)20(5)29(42)38-49(45,46)22-14-12-21(13-15-22)37-31(44)32(33,34)35/h10-12,14-15,17-20,24-26,30-31,33-35H,9,13,16,21-23H2,1-8H3,(H,44,52)(H,45,53)(H,46,50);12-15,18-20,23-24,26-28H,9-11,16-17,36H2,1-8H3,(H,37,44)(H,38,42)/t25-,26+,30-,31+,33-,34-,35+;19-,20+,23-,24+,26-,27-,28+/m00/s1. The molecular weight excluding hydrogens is 1470 g/mol. The summed E-state index contributed by atoms with van der Waals surface area (Å²) in [5.74, 6) is -10.4. The van der Waals surface area contributed by atoms with E-state index in [-0.39, 0.29) is 72.2 Å². The van der Waals surface area contributed by atoms with Crippen LogP contribution in [0.2, 0.25) is 0 Å². The summed E-state index contributed by atoms with van der Waals surface area (Å²) in [6.45, 7) is 18.7. The number of sulfonamides is 2. The molecule has 2 heterocycles. The summed E-state index contributed by atoms with van der Waals surface area (Å²) in [6.07, 6.45) is -11.1. The number of hydrogen-bond acceptors (Lipinski definition) is 19. The molecule has 9 amide bonds. The zero-order valence-corrected chi connectivity index (χ0v) is 65.5. The molecule has 36 heteroatoms. The number of likely N-dealkylation sites (N-methyl/N-ethyl adjacent to an activating group) is 2. The van der Waals surface area contributed by atoms with Gasteiger partial charge in [-0.05, 0) is 103 Å². The fraction of sp³-hybridized carbons (Fsp3) is 0.625. The van der Waals surface area contributed by atoms with E-state index in [1.165, 1.54) is 47.2 Å². The summed E-state index contributed by atoms with van der Waals surface area (Å²) in [5.41, 5.74) is 6.34. The number of carbonyl (C=O) groups is 9. The van der Waals surface area contributed by atoms with Crippen molar-refractivity contribution in [3.8, 4) is 0 Å². The van der Waals surface area contributed by atoms with E-state index in [1.54, 1.807) is 53.3 Å². The minimum absolute atomic E-state index is 0.0193. The molecule has 2 aliphatic rings. The van der Waals surface area contributed by atoms with Gasteiger partial charge >= 0.3 is 30.3 Å². The molecule has 3 aromatic rings. The smallest absolute Gasteiger partial charge is 0.445 e. The van der Waals surface area contributed by atoms with Crippen molar-refractivity contribution >= 4 is 84.8 Å². The van der Waals surface area contributed by atoms with Gasteiger partial charge in [-0.1, -0.05) is 112 Å². The van der Waals surface area contributed by atoms with Crippen LogP contribution in [-0.2, 0) is 88.7 Å². The van der Waals surface area contributed by atoms with Crippen molar-refractivity contribution in [3.05, 3.63) is 84.4 Å². The Hall–Kier alpha value is -8.03. The molecule has 0 unspecified atom stereocenters. The van der Waals surface area contributed by atoms with E-state index in [2.05, 4.69) is 5.32 Å². The molecule has 5 rings (SSSR count). The lowest BCUT2D eigenvalue weighted by Crippen LogP contribution is -2.57. The lowest BCUT2D eigenvalue weighted by atomic mass is 9.89. The summed E-state index contributed by atoms with van der Waals surface area (Å²) >= 11 is 0. The van der Waals surface area contributed by atoms with Gasteiger partial charge in [0.25, 0.3) is 20.0 Å². The van der Waals surface area contributed by atoms with E-state index in [4.69, 9.17) is 29.4 Å². The molecule has 108 heavy (non-hydrogen) atoms. The molecule has 3 aromatic carbocycles. The van der Waals surface area contributed by atoms with Gasteiger partial charge in [-0.2, -0.15) is 26.3 Å². The number of rotatable bonds is 35. The van der Waals surface area contributed by atoms with Crippen molar-refractivity contribution in [2.75, 3.05) is 66.3 Å². The lowest BCUT2D eigenvalue weighted by Gasteiger charge is -2.40. The molecule has 7 N–H and O–H groups in total. The van der Waals surface area contributed by atoms with Gasteiger partial charge in [0, 0.05) is 67.0 Å². The highest BCUT2D eigenvalue weighted by molar-refractivity contribution is 7.90. The number of benzene rings is 3. The van der Waals surface area contributed by atoms with Gasteiger partial charge in [-0.3, -0.25) is 38.4 Å². The molecule has 28 nitrogen and oxygen atoms in total. The largest absolute Gasteiger partial charge is 0.471 e. The van der Waals surface area contributed by atoms with Crippen LogP contribution < -0.4 is 31.1 Å². The summed E-state index contributed by atoms with van der Waals surface area (Å²) in [7, 11) is -0.0928. The van der Waals surface area contributed by atoms with Crippen LogP contribution in [0, 0.1) is 35.5 Å². The lowest BCUT2D eigenvalue weighted by molar-refractivity contribution is -0.167. The molecule has 0 radical (unpaired) electrons. The third-order valence-electron chi connectivity index (χ3n) is 19.8. The first-order chi connectivity index (χ1) is 50.4. The van der Waals surface area contributed by atoms with Crippen LogP contribution in [0.3, 0.4) is 0 Å². The van der Waals surface area contributed by atoms with Gasteiger partial charge in [0.05, 0.1) is 89.1 Å². The highest BCUT2D eigenvalue weighted by Crippen LogP contribution is 2.33. The van der Waals surface area contributed by atoms with Crippen LogP contribution in [0.25, 0.3) is 0 Å². The number of carbonyl (C=O) groups excluding carboxylic acids is 9. The van der Waals surface area contributed by atoms with Crippen molar-refractivity contribution in [2.45, 2.75) is 210 Å². The minimum atomic E-state index is -5.15. The second kappa shape index (κ2) is 41.1. The summed E-state index contributed by atoms with van der Waals surface area (Å²) in [6, 6.07) is 12.7. The average Bonchev–Trinajstić information content (AvgIpc) is 1.28. The van der Waals surface area contributed by atoms with Gasteiger partial charge in [0.2, 0.25) is 35.4 Å². The Kier molecular flexibility index (Phi) is 35.2. The zero-order valence-electron chi connectivity index (χ0n) is 63.8. The molecule has 0 aliphatic carbocycles. The number of nitrogens with zero attached hydrogens (tertiary/aromatic N) is 4. The normalized spacial score (nSPS) is 18.2. The van der Waals surface area contributed by atoms with Gasteiger partial charge in [0.1, 0.15) is 12.6 Å². The Morgan fingerprint density at radius 1 is 0.546 bits per heavy atom. The number of nitrogens with one attached hydrogen (secondary N) is 5. The van der Waals surface area contributed by atoms with Crippen molar-refractivity contribution in [2.24, 2.45) is 41.2 Å². The maximum absolute atomic E-state index is 14.1. The van der Waals surface area contributed by atoms with E-state index < -0.39 is 150 Å². The highest BCUT2D eigenvalue weighted by Gasteiger charge is 2.47. The van der Waals surface area contributed by atoms with Crippen LogP contribution in [0.15, 0.2) is 88.7 Å². The van der Waals surface area contributed by atoms with Gasteiger partial charge in [-0.25, -0.2) is 31.1 Å². The van der Waals surface area contributed by atoms with Crippen molar-refractivity contribution in [1.29, 1.82) is 0 Å². The Morgan fingerprint density at radius 3 is 1.24 bits per heavy atom. The number of nitrogens with two attached hydrogens (primary N) is 1. The molecule has 2 saturated heterocycles. The Labute approximate surface area is 628 Å². The number of halogens is 6. The second-order valence-electron chi connectivity index (χ2n) is 27.8. The zero-order chi connectivity index (χ0) is 81.7. The van der Waals surface area contributed by atoms with E-state index in [0.717, 1.165) is 54.1 Å². The molecule has 0 bridgehead atoms. The predicted octanol–water partition coefficient (Wildman–Crippen LogP) is 7.76. The van der Waals surface area contributed by atoms with Gasteiger partial charge in [0.15, 0.2) is 0 Å². The first-order valence-corrected chi connectivity index (χ1v) is 38.4. The molecule has 0 saturated carbocycles. The van der Waals surface area contributed by atoms with Crippen LogP contribution in [-0.4, -0.2) is 218 Å². The predicted molar refractivity (Wildman–Crippen MR) is 386 cm³/mol. The summed E-state index contributed by atoms with van der Waals surface area (Å²) < 4.78 is 160. The third kappa shape index (κ3) is 25.3. The number of anilines is 2. The van der Waals surface area contributed by atoms with Crippen LogP contribution in [0.4, 0.5) is 42.5 Å². The van der Waals surface area contributed by atoms with E-state index >= 15 is 0 Å². The fourth-order valence-electron chi connectivity index (χ4n) is 13.2. The van der Waals surface area contributed by atoms with Crippen LogP contribution in [0.5, 0.6) is 0 Å².